The third-order valence-corrected chi connectivity index (χ3v) is 4.94. The Morgan fingerprint density at radius 1 is 0.594 bits per heavy atom. The molecule has 0 radical (unpaired) electrons. The van der Waals surface area contributed by atoms with Crippen molar-refractivity contribution < 1.29 is 0 Å². The van der Waals surface area contributed by atoms with E-state index in [9.17, 15) is 0 Å². The summed E-state index contributed by atoms with van der Waals surface area (Å²) in [6.07, 6.45) is 9.22. The van der Waals surface area contributed by atoms with Crippen molar-refractivity contribution in [3.63, 3.8) is 0 Å². The van der Waals surface area contributed by atoms with Crippen molar-refractivity contribution in [1.82, 2.24) is 0 Å². The molecule has 0 fully saturated rings. The molecule has 0 saturated carbocycles. The van der Waals surface area contributed by atoms with E-state index in [2.05, 4.69) is 58.9 Å². The molecular weight excluding hydrogens is 384 g/mol. The van der Waals surface area contributed by atoms with Gasteiger partial charge in [0.1, 0.15) is 0 Å². The number of hydrogen-bond donors (Lipinski definition) is 0. The van der Waals surface area contributed by atoms with Gasteiger partial charge in [0.2, 0.25) is 0 Å². The molecule has 0 aliphatic heterocycles. The van der Waals surface area contributed by atoms with Crippen LogP contribution in [0.3, 0.4) is 0 Å². The normalized spacial score (nSPS) is 8.94. The van der Waals surface area contributed by atoms with E-state index in [0.717, 1.165) is 5.57 Å². The first-order valence-electron chi connectivity index (χ1n) is 10.6. The molecule has 0 N–H and O–H groups in total. The predicted molar refractivity (Wildman–Crippen MR) is 147 cm³/mol. The lowest BCUT2D eigenvalue weighted by Gasteiger charge is -2.11. The quantitative estimate of drug-likeness (QED) is 0.350. The largest absolute Gasteiger partial charge is 0.0985 e. The number of rotatable bonds is 6. The van der Waals surface area contributed by atoms with Crippen molar-refractivity contribution in [3.05, 3.63) is 157 Å². The first-order valence-corrected chi connectivity index (χ1v) is 10.6. The van der Waals surface area contributed by atoms with Gasteiger partial charge in [0.15, 0.2) is 0 Å². The summed E-state index contributed by atoms with van der Waals surface area (Å²) < 4.78 is 0. The van der Waals surface area contributed by atoms with Crippen molar-refractivity contribution in [3.8, 4) is 0 Å². The van der Waals surface area contributed by atoms with Gasteiger partial charge < -0.3 is 0 Å². The van der Waals surface area contributed by atoms with Gasteiger partial charge in [-0.1, -0.05) is 142 Å². The smallest absolute Gasteiger partial charge is 0.0186 e. The molecule has 3 aromatic carbocycles. The van der Waals surface area contributed by atoms with E-state index in [0.29, 0.717) is 0 Å². The Bertz CT molecular complexity index is 994. The SMILES string of the molecule is C=CC(C=C)=C(C)c1cccc(C=C)c1C.C=Cc1ccccc1.C=Cc1ccccc1. The molecule has 0 heterocycles. The maximum atomic E-state index is 3.82. The fourth-order valence-electron chi connectivity index (χ4n) is 3.00. The number of allylic oxidation sites excluding steroid dienone is 4. The Morgan fingerprint density at radius 3 is 1.41 bits per heavy atom. The standard InChI is InChI=1S/C16H18.2C8H8/c1-6-14(7-2)12(4)16-11-9-10-15(8-3)13(16)5;2*1-2-8-6-4-3-5-7-8/h6-11H,1-3H2,4-5H3;2*2-7H,1H2. The van der Waals surface area contributed by atoms with Crippen LogP contribution in [0.25, 0.3) is 23.8 Å². The summed E-state index contributed by atoms with van der Waals surface area (Å²) in [4.78, 5) is 0. The Morgan fingerprint density at radius 2 is 1.06 bits per heavy atom. The Labute approximate surface area is 195 Å². The predicted octanol–water partition coefficient (Wildman–Crippen LogP) is 9.44. The molecule has 0 unspecified atom stereocenters. The molecule has 3 rings (SSSR count). The minimum absolute atomic E-state index is 1.07. The Kier molecular flexibility index (Phi) is 12.2. The van der Waals surface area contributed by atoms with E-state index in [1.54, 1.807) is 0 Å². The van der Waals surface area contributed by atoms with E-state index in [1.165, 1.54) is 33.4 Å². The zero-order valence-corrected chi connectivity index (χ0v) is 19.4. The summed E-state index contributed by atoms with van der Waals surface area (Å²) in [7, 11) is 0. The molecule has 3 aromatic rings. The van der Waals surface area contributed by atoms with Gasteiger partial charge in [0.25, 0.3) is 0 Å². The van der Waals surface area contributed by atoms with Gasteiger partial charge in [-0.3, -0.25) is 0 Å². The number of benzene rings is 3. The van der Waals surface area contributed by atoms with Gasteiger partial charge in [-0.25, -0.2) is 0 Å². The van der Waals surface area contributed by atoms with Gasteiger partial charge in [-0.05, 0) is 52.8 Å². The fourth-order valence-corrected chi connectivity index (χ4v) is 3.00. The highest BCUT2D eigenvalue weighted by atomic mass is 14.1. The van der Waals surface area contributed by atoms with Crippen molar-refractivity contribution in [2.45, 2.75) is 13.8 Å². The minimum Gasteiger partial charge on any atom is -0.0985 e. The summed E-state index contributed by atoms with van der Waals surface area (Å²) in [6.45, 7) is 22.9. The van der Waals surface area contributed by atoms with E-state index in [-0.39, 0.29) is 0 Å². The van der Waals surface area contributed by atoms with Gasteiger partial charge in [-0.2, -0.15) is 0 Å². The Hall–Kier alpha value is -3.90. The first-order chi connectivity index (χ1) is 15.5. The number of hydrogen-bond acceptors (Lipinski definition) is 0. The monoisotopic (exact) mass is 418 g/mol. The first kappa shape index (κ1) is 26.1. The third-order valence-electron chi connectivity index (χ3n) is 4.94. The molecule has 0 spiro atoms. The molecule has 162 valence electrons. The lowest BCUT2D eigenvalue weighted by atomic mass is 9.94. The summed E-state index contributed by atoms with van der Waals surface area (Å²) in [6, 6.07) is 26.3. The van der Waals surface area contributed by atoms with E-state index in [1.807, 2.05) is 97.1 Å². The summed E-state index contributed by atoms with van der Waals surface area (Å²) in [5, 5.41) is 0. The van der Waals surface area contributed by atoms with Crippen molar-refractivity contribution in [2.75, 3.05) is 0 Å². The maximum Gasteiger partial charge on any atom is -0.0186 e. The topological polar surface area (TPSA) is 0 Å². The van der Waals surface area contributed by atoms with Crippen molar-refractivity contribution in [2.24, 2.45) is 0 Å². The van der Waals surface area contributed by atoms with E-state index >= 15 is 0 Å². The van der Waals surface area contributed by atoms with Crippen LogP contribution in [0.4, 0.5) is 0 Å². The molecule has 0 heteroatoms. The van der Waals surface area contributed by atoms with Crippen LogP contribution in [0.5, 0.6) is 0 Å². The van der Waals surface area contributed by atoms with Crippen LogP contribution in [0.15, 0.2) is 129 Å². The summed E-state index contributed by atoms with van der Waals surface area (Å²) in [5.74, 6) is 0. The summed E-state index contributed by atoms with van der Waals surface area (Å²) in [5.41, 5.74) is 8.27. The molecule has 32 heavy (non-hydrogen) atoms. The van der Waals surface area contributed by atoms with E-state index < -0.39 is 0 Å². The second kappa shape index (κ2) is 15.0. The Balaban J connectivity index is 0.000000267. The van der Waals surface area contributed by atoms with Gasteiger partial charge >= 0.3 is 0 Å². The molecule has 0 saturated heterocycles. The zero-order chi connectivity index (χ0) is 23.8. The average Bonchev–Trinajstić information content (AvgIpc) is 2.86. The van der Waals surface area contributed by atoms with Gasteiger partial charge in [-0.15, -0.1) is 0 Å². The molecule has 0 aliphatic rings. The maximum absolute atomic E-state index is 3.82. The molecule has 0 amide bonds. The van der Waals surface area contributed by atoms with Gasteiger partial charge in [0.05, 0.1) is 0 Å². The molecule has 0 aliphatic carbocycles. The molecule has 0 bridgehead atoms. The van der Waals surface area contributed by atoms with Crippen LogP contribution < -0.4 is 0 Å². The minimum atomic E-state index is 1.07. The van der Waals surface area contributed by atoms with Crippen LogP contribution in [0.2, 0.25) is 0 Å². The second-order valence-electron chi connectivity index (χ2n) is 6.94. The van der Waals surface area contributed by atoms with Crippen LogP contribution in [-0.2, 0) is 0 Å². The lowest BCUT2D eigenvalue weighted by molar-refractivity contribution is 1.38. The fraction of sp³-hybridized carbons (Fsp3) is 0.0625. The molecule has 0 nitrogen and oxygen atoms in total. The van der Waals surface area contributed by atoms with Crippen molar-refractivity contribution >= 4 is 23.8 Å². The van der Waals surface area contributed by atoms with Crippen LogP contribution in [0.1, 0.15) is 34.7 Å². The lowest BCUT2D eigenvalue weighted by Crippen LogP contribution is -1.91. The van der Waals surface area contributed by atoms with Gasteiger partial charge in [0, 0.05) is 0 Å². The highest BCUT2D eigenvalue weighted by Crippen LogP contribution is 2.25. The van der Waals surface area contributed by atoms with E-state index in [4.69, 9.17) is 0 Å². The van der Waals surface area contributed by atoms with Crippen LogP contribution in [-0.4, -0.2) is 0 Å². The van der Waals surface area contributed by atoms with Crippen LogP contribution in [0, 0.1) is 6.92 Å². The summed E-state index contributed by atoms with van der Waals surface area (Å²) >= 11 is 0. The zero-order valence-electron chi connectivity index (χ0n) is 19.4. The highest BCUT2D eigenvalue weighted by molar-refractivity contribution is 5.75. The molecule has 0 atom stereocenters. The average molecular weight is 419 g/mol. The van der Waals surface area contributed by atoms with Crippen LogP contribution >= 0.6 is 0 Å². The van der Waals surface area contributed by atoms with Crippen molar-refractivity contribution in [1.29, 1.82) is 0 Å². The third kappa shape index (κ3) is 8.45. The second-order valence-corrected chi connectivity index (χ2v) is 6.94. The molecular formula is C32H34. The molecule has 0 aromatic heterocycles. The highest BCUT2D eigenvalue weighted by Gasteiger charge is 2.05.